The number of carbonyl (C=O) groups is 3. The Morgan fingerprint density at radius 1 is 1.14 bits per heavy atom. The molecule has 0 aromatic heterocycles. The zero-order chi connectivity index (χ0) is 25.8. The normalized spacial score (nSPS) is 14.4. The standard InChI is InChI=1S/C26H18BrClFNO5S/c1-2-34-21-11-15(10-19(27)23(21)35-25(32)16-6-4-3-5-7-16)12-22-24(31)30(26(33)36-22)14-17-8-9-18(29)13-20(17)28/h3-13H,2,14H2,1H3/b22-12-. The van der Waals surface area contributed by atoms with Gasteiger partial charge in [0.05, 0.1) is 28.1 Å². The maximum absolute atomic E-state index is 13.3. The molecule has 0 N–H and O–H groups in total. The topological polar surface area (TPSA) is 72.9 Å². The number of amides is 2. The first-order chi connectivity index (χ1) is 17.3. The van der Waals surface area contributed by atoms with Gasteiger partial charge in [-0.2, -0.15) is 0 Å². The Labute approximate surface area is 224 Å². The van der Waals surface area contributed by atoms with Gasteiger partial charge in [0.2, 0.25) is 0 Å². The van der Waals surface area contributed by atoms with Gasteiger partial charge < -0.3 is 9.47 Å². The molecule has 3 aromatic rings. The number of imide groups is 1. The third-order valence-corrected chi connectivity index (χ3v) is 6.90. The van der Waals surface area contributed by atoms with Crippen LogP contribution in [0.1, 0.15) is 28.4 Å². The molecular weight excluding hydrogens is 573 g/mol. The van der Waals surface area contributed by atoms with Gasteiger partial charge in [0, 0.05) is 5.02 Å². The lowest BCUT2D eigenvalue weighted by molar-refractivity contribution is -0.123. The molecule has 184 valence electrons. The highest BCUT2D eigenvalue weighted by atomic mass is 79.9. The van der Waals surface area contributed by atoms with Crippen molar-refractivity contribution in [1.29, 1.82) is 0 Å². The Morgan fingerprint density at radius 3 is 2.58 bits per heavy atom. The van der Waals surface area contributed by atoms with Gasteiger partial charge in [-0.25, -0.2) is 9.18 Å². The van der Waals surface area contributed by atoms with Crippen LogP contribution in [-0.4, -0.2) is 28.6 Å². The summed E-state index contributed by atoms with van der Waals surface area (Å²) in [5.41, 5.74) is 1.38. The Bertz CT molecular complexity index is 1380. The van der Waals surface area contributed by atoms with Crippen molar-refractivity contribution >= 4 is 62.5 Å². The van der Waals surface area contributed by atoms with Crippen molar-refractivity contribution in [1.82, 2.24) is 4.90 Å². The number of rotatable bonds is 7. The van der Waals surface area contributed by atoms with Gasteiger partial charge in [0.15, 0.2) is 11.5 Å². The minimum atomic E-state index is -0.550. The summed E-state index contributed by atoms with van der Waals surface area (Å²) in [7, 11) is 0. The van der Waals surface area contributed by atoms with E-state index in [4.69, 9.17) is 21.1 Å². The maximum atomic E-state index is 13.3. The molecule has 0 atom stereocenters. The molecule has 0 unspecified atom stereocenters. The number of thioether (sulfide) groups is 1. The molecule has 1 aliphatic rings. The van der Waals surface area contributed by atoms with E-state index in [1.165, 1.54) is 12.1 Å². The summed E-state index contributed by atoms with van der Waals surface area (Å²) in [5, 5.41) is -0.340. The van der Waals surface area contributed by atoms with E-state index in [0.717, 1.165) is 22.7 Å². The summed E-state index contributed by atoms with van der Waals surface area (Å²) in [6.07, 6.45) is 1.55. The van der Waals surface area contributed by atoms with Gasteiger partial charge in [-0.1, -0.05) is 35.9 Å². The summed E-state index contributed by atoms with van der Waals surface area (Å²) < 4.78 is 25.0. The monoisotopic (exact) mass is 589 g/mol. The predicted molar refractivity (Wildman–Crippen MR) is 140 cm³/mol. The molecule has 1 heterocycles. The summed E-state index contributed by atoms with van der Waals surface area (Å²) in [6.45, 7) is 2.01. The predicted octanol–water partition coefficient (Wildman–Crippen LogP) is 7.10. The van der Waals surface area contributed by atoms with E-state index in [1.807, 2.05) is 0 Å². The number of esters is 1. The molecule has 0 saturated carbocycles. The summed E-state index contributed by atoms with van der Waals surface area (Å²) >= 11 is 10.3. The second-order valence-corrected chi connectivity index (χ2v) is 9.78. The lowest BCUT2D eigenvalue weighted by Gasteiger charge is -2.14. The molecule has 0 spiro atoms. The molecule has 10 heteroatoms. The van der Waals surface area contributed by atoms with Crippen molar-refractivity contribution in [3.63, 3.8) is 0 Å². The third kappa shape index (κ3) is 5.80. The summed E-state index contributed by atoms with van der Waals surface area (Å²) in [5.74, 6) is -1.07. The molecule has 0 radical (unpaired) electrons. The largest absolute Gasteiger partial charge is 0.490 e. The number of benzene rings is 3. The Kier molecular flexibility index (Phi) is 8.13. The van der Waals surface area contributed by atoms with Crippen molar-refractivity contribution in [2.24, 2.45) is 0 Å². The molecule has 4 rings (SSSR count). The van der Waals surface area contributed by atoms with Gasteiger partial charge in [0.25, 0.3) is 11.1 Å². The van der Waals surface area contributed by atoms with Crippen molar-refractivity contribution < 1.29 is 28.2 Å². The number of halogens is 3. The van der Waals surface area contributed by atoms with Crippen molar-refractivity contribution in [3.8, 4) is 11.5 Å². The number of hydrogen-bond donors (Lipinski definition) is 0. The average Bonchev–Trinajstić information content (AvgIpc) is 3.10. The zero-order valence-electron chi connectivity index (χ0n) is 18.8. The second-order valence-electron chi connectivity index (χ2n) is 7.52. The number of hydrogen-bond acceptors (Lipinski definition) is 6. The van der Waals surface area contributed by atoms with Crippen LogP contribution in [0.4, 0.5) is 9.18 Å². The molecule has 3 aromatic carbocycles. The van der Waals surface area contributed by atoms with E-state index < -0.39 is 22.9 Å². The van der Waals surface area contributed by atoms with Gasteiger partial charge >= 0.3 is 5.97 Å². The Morgan fingerprint density at radius 2 is 1.89 bits per heavy atom. The van der Waals surface area contributed by atoms with Gasteiger partial charge in [-0.05, 0) is 88.2 Å². The number of carbonyl (C=O) groups excluding carboxylic acids is 3. The van der Waals surface area contributed by atoms with Crippen LogP contribution in [0.5, 0.6) is 11.5 Å². The first kappa shape index (κ1) is 25.9. The van der Waals surface area contributed by atoms with Crippen LogP contribution in [0.25, 0.3) is 6.08 Å². The fourth-order valence-corrected chi connectivity index (χ4v) is 4.97. The Balaban J connectivity index is 1.59. The third-order valence-electron chi connectivity index (χ3n) is 5.05. The summed E-state index contributed by atoms with van der Waals surface area (Å²) in [4.78, 5) is 39.3. The number of nitrogens with zero attached hydrogens (tertiary/aromatic N) is 1. The van der Waals surface area contributed by atoms with E-state index >= 15 is 0 Å². The average molecular weight is 591 g/mol. The molecule has 1 saturated heterocycles. The molecule has 6 nitrogen and oxygen atoms in total. The van der Waals surface area contributed by atoms with Gasteiger partial charge in [-0.15, -0.1) is 0 Å². The summed E-state index contributed by atoms with van der Waals surface area (Å²) in [6, 6.07) is 15.6. The maximum Gasteiger partial charge on any atom is 0.343 e. The van der Waals surface area contributed by atoms with Crippen LogP contribution in [0.2, 0.25) is 5.02 Å². The van der Waals surface area contributed by atoms with Crippen molar-refractivity contribution in [3.05, 3.63) is 97.6 Å². The first-order valence-electron chi connectivity index (χ1n) is 10.7. The molecule has 0 aliphatic carbocycles. The highest BCUT2D eigenvalue weighted by Gasteiger charge is 2.35. The SMILES string of the molecule is CCOc1cc(/C=C2\SC(=O)N(Cc3ccc(F)cc3Cl)C2=O)cc(Br)c1OC(=O)c1ccccc1. The van der Waals surface area contributed by atoms with Crippen LogP contribution in [0.15, 0.2) is 70.0 Å². The minimum absolute atomic E-state index is 0.0800. The Hall–Kier alpha value is -3.14. The van der Waals surface area contributed by atoms with Gasteiger partial charge in [0.1, 0.15) is 5.82 Å². The fraction of sp³-hybridized carbons (Fsp3) is 0.115. The van der Waals surface area contributed by atoms with Crippen LogP contribution in [0.3, 0.4) is 0 Å². The number of ether oxygens (including phenoxy) is 2. The molecule has 36 heavy (non-hydrogen) atoms. The van der Waals surface area contributed by atoms with E-state index in [2.05, 4.69) is 15.9 Å². The lowest BCUT2D eigenvalue weighted by Crippen LogP contribution is -2.27. The highest BCUT2D eigenvalue weighted by Crippen LogP contribution is 2.40. The van der Waals surface area contributed by atoms with Crippen LogP contribution in [-0.2, 0) is 11.3 Å². The van der Waals surface area contributed by atoms with Crippen LogP contribution >= 0.6 is 39.3 Å². The molecule has 1 aliphatic heterocycles. The fourth-order valence-electron chi connectivity index (χ4n) is 3.37. The van der Waals surface area contributed by atoms with E-state index in [1.54, 1.807) is 55.5 Å². The highest BCUT2D eigenvalue weighted by molar-refractivity contribution is 9.10. The second kappa shape index (κ2) is 11.3. The van der Waals surface area contributed by atoms with E-state index in [0.29, 0.717) is 33.5 Å². The van der Waals surface area contributed by atoms with Crippen molar-refractivity contribution in [2.75, 3.05) is 6.61 Å². The first-order valence-corrected chi connectivity index (χ1v) is 12.7. The molecule has 0 bridgehead atoms. The quantitative estimate of drug-likeness (QED) is 0.166. The van der Waals surface area contributed by atoms with Crippen molar-refractivity contribution in [2.45, 2.75) is 13.5 Å². The smallest absolute Gasteiger partial charge is 0.343 e. The molecular formula is C26H18BrClFNO5S. The van der Waals surface area contributed by atoms with Gasteiger partial charge in [-0.3, -0.25) is 14.5 Å². The zero-order valence-corrected chi connectivity index (χ0v) is 22.0. The lowest BCUT2D eigenvalue weighted by atomic mass is 10.1. The molecule has 1 fully saturated rings. The van der Waals surface area contributed by atoms with E-state index in [-0.39, 0.29) is 22.2 Å². The molecule has 2 amide bonds. The van der Waals surface area contributed by atoms with E-state index in [9.17, 15) is 18.8 Å². The van der Waals surface area contributed by atoms with Crippen LogP contribution < -0.4 is 9.47 Å². The minimum Gasteiger partial charge on any atom is -0.490 e. The van der Waals surface area contributed by atoms with Crippen LogP contribution in [0, 0.1) is 5.82 Å².